The molecule has 1 aromatic rings. The van der Waals surface area contributed by atoms with Gasteiger partial charge in [0.1, 0.15) is 0 Å². The number of nitrogens with one attached hydrogen (secondary N) is 2. The lowest BCUT2D eigenvalue weighted by molar-refractivity contribution is 0.177. The number of benzene rings is 1. The molecule has 2 rings (SSSR count). The van der Waals surface area contributed by atoms with E-state index in [4.69, 9.17) is 0 Å². The van der Waals surface area contributed by atoms with Crippen LogP contribution >= 0.6 is 0 Å². The lowest BCUT2D eigenvalue weighted by atomic mass is 10.1. The summed E-state index contributed by atoms with van der Waals surface area (Å²) in [6.07, 6.45) is 1.28. The Labute approximate surface area is 138 Å². The zero-order chi connectivity index (χ0) is 16.9. The molecule has 1 heterocycles. The number of rotatable bonds is 5. The summed E-state index contributed by atoms with van der Waals surface area (Å²) in [6, 6.07) is 9.05. The molecule has 0 aromatic heterocycles. The van der Waals surface area contributed by atoms with Crippen molar-refractivity contribution >= 4 is 16.1 Å². The molecule has 1 aliphatic rings. The maximum Gasteiger partial charge on any atom is 0.317 e. The van der Waals surface area contributed by atoms with Crippen molar-refractivity contribution in [3.05, 3.63) is 35.9 Å². The van der Waals surface area contributed by atoms with Crippen LogP contribution in [-0.2, 0) is 15.8 Å². The van der Waals surface area contributed by atoms with E-state index in [1.807, 2.05) is 32.0 Å². The molecule has 2 N–H and O–H groups in total. The number of hydrogen-bond acceptors (Lipinski definition) is 3. The van der Waals surface area contributed by atoms with Crippen molar-refractivity contribution in [2.24, 2.45) is 0 Å². The number of urea groups is 1. The van der Waals surface area contributed by atoms with Crippen LogP contribution in [0.15, 0.2) is 30.3 Å². The SMILES string of the molecule is CC(C)NC(=O)N1CCC(NS(=O)(=O)Cc2ccccc2)CC1. The van der Waals surface area contributed by atoms with E-state index in [0.717, 1.165) is 5.56 Å². The van der Waals surface area contributed by atoms with E-state index in [9.17, 15) is 13.2 Å². The summed E-state index contributed by atoms with van der Waals surface area (Å²) < 4.78 is 27.2. The first-order chi connectivity index (χ1) is 10.9. The summed E-state index contributed by atoms with van der Waals surface area (Å²) in [6.45, 7) is 4.97. The molecular weight excluding hydrogens is 314 g/mol. The van der Waals surface area contributed by atoms with Crippen LogP contribution in [0.4, 0.5) is 4.79 Å². The molecular formula is C16H25N3O3S. The first-order valence-corrected chi connectivity index (χ1v) is 9.60. The Hall–Kier alpha value is -1.60. The van der Waals surface area contributed by atoms with Gasteiger partial charge in [-0.05, 0) is 32.3 Å². The smallest absolute Gasteiger partial charge is 0.317 e. The number of piperidine rings is 1. The van der Waals surface area contributed by atoms with Crippen LogP contribution in [0.25, 0.3) is 0 Å². The van der Waals surface area contributed by atoms with Crippen LogP contribution < -0.4 is 10.0 Å². The normalized spacial score (nSPS) is 16.6. The molecule has 1 fully saturated rings. The van der Waals surface area contributed by atoms with Gasteiger partial charge in [-0.1, -0.05) is 30.3 Å². The monoisotopic (exact) mass is 339 g/mol. The lowest BCUT2D eigenvalue weighted by Gasteiger charge is -2.32. The highest BCUT2D eigenvalue weighted by atomic mass is 32.2. The summed E-state index contributed by atoms with van der Waals surface area (Å²) in [5.41, 5.74) is 0.772. The molecule has 6 nitrogen and oxygen atoms in total. The minimum absolute atomic E-state index is 0.0120. The maximum absolute atomic E-state index is 12.2. The Morgan fingerprint density at radius 1 is 1.22 bits per heavy atom. The van der Waals surface area contributed by atoms with Crippen molar-refractivity contribution in [1.29, 1.82) is 0 Å². The Balaban J connectivity index is 1.82. The Kier molecular flexibility index (Phi) is 6.01. The summed E-state index contributed by atoms with van der Waals surface area (Å²) >= 11 is 0. The molecule has 1 aliphatic heterocycles. The molecule has 0 aliphatic carbocycles. The van der Waals surface area contributed by atoms with Crippen LogP contribution in [0.1, 0.15) is 32.3 Å². The highest BCUT2D eigenvalue weighted by molar-refractivity contribution is 7.88. The van der Waals surface area contributed by atoms with E-state index in [2.05, 4.69) is 10.0 Å². The number of carbonyl (C=O) groups excluding carboxylic acids is 1. The maximum atomic E-state index is 12.2. The predicted octanol–water partition coefficient (Wildman–Crippen LogP) is 1.69. The molecule has 1 aromatic carbocycles. The van der Waals surface area contributed by atoms with Gasteiger partial charge in [0.05, 0.1) is 5.75 Å². The fourth-order valence-corrected chi connectivity index (χ4v) is 4.09. The topological polar surface area (TPSA) is 78.5 Å². The van der Waals surface area contributed by atoms with Gasteiger partial charge in [-0.2, -0.15) is 0 Å². The quantitative estimate of drug-likeness (QED) is 0.857. The van der Waals surface area contributed by atoms with Gasteiger partial charge in [0.2, 0.25) is 10.0 Å². The second kappa shape index (κ2) is 7.79. The van der Waals surface area contributed by atoms with E-state index >= 15 is 0 Å². The second-order valence-corrected chi connectivity index (χ2v) is 7.98. The van der Waals surface area contributed by atoms with Gasteiger partial charge >= 0.3 is 6.03 Å². The van der Waals surface area contributed by atoms with Crippen LogP contribution in [-0.4, -0.2) is 44.5 Å². The summed E-state index contributed by atoms with van der Waals surface area (Å²) in [7, 11) is -3.36. The molecule has 0 unspecified atom stereocenters. The van der Waals surface area contributed by atoms with Crippen molar-refractivity contribution in [1.82, 2.24) is 14.9 Å². The summed E-state index contributed by atoms with van der Waals surface area (Å²) in [5.74, 6) is -0.0120. The molecule has 0 radical (unpaired) electrons. The second-order valence-electron chi connectivity index (χ2n) is 6.23. The molecule has 2 amide bonds. The van der Waals surface area contributed by atoms with Gasteiger partial charge in [0.15, 0.2) is 0 Å². The van der Waals surface area contributed by atoms with E-state index in [0.29, 0.717) is 25.9 Å². The average molecular weight is 339 g/mol. The highest BCUT2D eigenvalue weighted by Crippen LogP contribution is 2.13. The van der Waals surface area contributed by atoms with Gasteiger partial charge in [0.25, 0.3) is 0 Å². The van der Waals surface area contributed by atoms with Gasteiger partial charge < -0.3 is 10.2 Å². The van der Waals surface area contributed by atoms with Crippen LogP contribution in [0.2, 0.25) is 0 Å². The first-order valence-electron chi connectivity index (χ1n) is 7.95. The number of hydrogen-bond donors (Lipinski definition) is 2. The van der Waals surface area contributed by atoms with E-state index in [1.165, 1.54) is 0 Å². The minimum atomic E-state index is -3.36. The molecule has 0 spiro atoms. The molecule has 1 saturated heterocycles. The van der Waals surface area contributed by atoms with Crippen molar-refractivity contribution in [3.8, 4) is 0 Å². The zero-order valence-electron chi connectivity index (χ0n) is 13.7. The third-order valence-electron chi connectivity index (χ3n) is 3.74. The summed E-state index contributed by atoms with van der Waals surface area (Å²) in [4.78, 5) is 13.7. The highest BCUT2D eigenvalue weighted by Gasteiger charge is 2.26. The van der Waals surface area contributed by atoms with Gasteiger partial charge in [-0.3, -0.25) is 0 Å². The predicted molar refractivity (Wildman–Crippen MR) is 90.5 cm³/mol. The molecule has 0 atom stereocenters. The van der Waals surface area contributed by atoms with E-state index < -0.39 is 10.0 Å². The van der Waals surface area contributed by atoms with Gasteiger partial charge in [-0.15, -0.1) is 0 Å². The number of amides is 2. The van der Waals surface area contributed by atoms with Crippen LogP contribution in [0, 0.1) is 0 Å². The molecule has 7 heteroatoms. The standard InChI is InChI=1S/C16H25N3O3S/c1-13(2)17-16(20)19-10-8-15(9-11-19)18-23(21,22)12-14-6-4-3-5-7-14/h3-7,13,15,18H,8-12H2,1-2H3,(H,17,20). The Morgan fingerprint density at radius 2 is 1.83 bits per heavy atom. The third-order valence-corrected chi connectivity index (χ3v) is 5.15. The van der Waals surface area contributed by atoms with E-state index in [1.54, 1.807) is 17.0 Å². The van der Waals surface area contributed by atoms with Crippen molar-refractivity contribution < 1.29 is 13.2 Å². The molecule has 128 valence electrons. The largest absolute Gasteiger partial charge is 0.336 e. The van der Waals surface area contributed by atoms with Crippen LogP contribution in [0.3, 0.4) is 0 Å². The van der Waals surface area contributed by atoms with Gasteiger partial charge in [0, 0.05) is 25.2 Å². The molecule has 23 heavy (non-hydrogen) atoms. The lowest BCUT2D eigenvalue weighted by Crippen LogP contribution is -2.50. The fraction of sp³-hybridized carbons (Fsp3) is 0.562. The Bertz CT molecular complexity index is 609. The third kappa shape index (κ3) is 5.84. The molecule has 0 bridgehead atoms. The zero-order valence-corrected chi connectivity index (χ0v) is 14.5. The van der Waals surface area contributed by atoms with Gasteiger partial charge in [-0.25, -0.2) is 17.9 Å². The number of likely N-dealkylation sites (tertiary alicyclic amines) is 1. The summed E-state index contributed by atoms with van der Waals surface area (Å²) in [5, 5.41) is 2.86. The first kappa shape index (κ1) is 17.7. The van der Waals surface area contributed by atoms with Crippen molar-refractivity contribution in [2.75, 3.05) is 13.1 Å². The fourth-order valence-electron chi connectivity index (χ4n) is 2.63. The average Bonchev–Trinajstić information content (AvgIpc) is 2.47. The van der Waals surface area contributed by atoms with Crippen molar-refractivity contribution in [3.63, 3.8) is 0 Å². The van der Waals surface area contributed by atoms with Crippen LogP contribution in [0.5, 0.6) is 0 Å². The van der Waals surface area contributed by atoms with Crippen molar-refractivity contribution in [2.45, 2.75) is 44.5 Å². The Morgan fingerprint density at radius 3 is 2.39 bits per heavy atom. The molecule has 0 saturated carbocycles. The minimum Gasteiger partial charge on any atom is -0.336 e. The number of sulfonamides is 1. The number of carbonyl (C=O) groups is 1. The number of nitrogens with zero attached hydrogens (tertiary/aromatic N) is 1. The van der Waals surface area contributed by atoms with E-state index in [-0.39, 0.29) is 23.9 Å².